The Bertz CT molecular complexity index is 489. The van der Waals surface area contributed by atoms with E-state index < -0.39 is 0 Å². The van der Waals surface area contributed by atoms with Gasteiger partial charge in [-0.1, -0.05) is 41.4 Å². The molecule has 0 bridgehead atoms. The highest BCUT2D eigenvalue weighted by atomic mass is 35.5. The molecule has 17 heavy (non-hydrogen) atoms. The van der Waals surface area contributed by atoms with Gasteiger partial charge in [-0.05, 0) is 29.8 Å². The molecule has 0 aliphatic rings. The Labute approximate surface area is 110 Å². The molecule has 2 aromatic carbocycles. The van der Waals surface area contributed by atoms with E-state index in [-0.39, 0.29) is 0 Å². The normalized spacial score (nSPS) is 10.2. The maximum absolute atomic E-state index is 5.96. The predicted octanol–water partition coefficient (Wildman–Crippen LogP) is 4.19. The molecule has 0 heterocycles. The van der Waals surface area contributed by atoms with Gasteiger partial charge in [0.25, 0.3) is 0 Å². The molecule has 0 aliphatic carbocycles. The summed E-state index contributed by atoms with van der Waals surface area (Å²) in [6.07, 6.45) is 0. The quantitative estimate of drug-likeness (QED) is 0.818. The van der Waals surface area contributed by atoms with Crippen LogP contribution < -0.4 is 11.1 Å². The number of rotatable bonds is 3. The number of anilines is 2. The minimum atomic E-state index is 0.428. The molecule has 0 aromatic heterocycles. The third kappa shape index (κ3) is 3.05. The van der Waals surface area contributed by atoms with Crippen LogP contribution in [0.4, 0.5) is 11.4 Å². The number of nitrogens with two attached hydrogens (primary N) is 1. The van der Waals surface area contributed by atoms with Crippen molar-refractivity contribution in [1.29, 1.82) is 0 Å². The molecule has 0 spiro atoms. The van der Waals surface area contributed by atoms with Gasteiger partial charge in [0.1, 0.15) is 0 Å². The summed E-state index contributed by atoms with van der Waals surface area (Å²) in [4.78, 5) is 0. The Kier molecular flexibility index (Phi) is 3.77. The molecule has 0 radical (unpaired) electrons. The molecule has 0 unspecified atom stereocenters. The Morgan fingerprint density at radius 2 is 1.59 bits per heavy atom. The van der Waals surface area contributed by atoms with E-state index in [1.807, 2.05) is 42.5 Å². The van der Waals surface area contributed by atoms with Crippen LogP contribution in [-0.4, -0.2) is 0 Å². The van der Waals surface area contributed by atoms with Crippen LogP contribution in [0.5, 0.6) is 0 Å². The van der Waals surface area contributed by atoms with Crippen molar-refractivity contribution in [3.63, 3.8) is 0 Å². The summed E-state index contributed by atoms with van der Waals surface area (Å²) < 4.78 is 0. The number of benzene rings is 2. The highest BCUT2D eigenvalue weighted by Crippen LogP contribution is 2.29. The number of nitrogen functional groups attached to an aromatic ring is 1. The molecule has 0 saturated heterocycles. The molecule has 0 atom stereocenters. The number of para-hydroxylation sites is 1. The topological polar surface area (TPSA) is 38.0 Å². The molecular formula is C13H12Cl2N2. The molecule has 0 saturated carbocycles. The molecule has 0 aliphatic heterocycles. The van der Waals surface area contributed by atoms with Gasteiger partial charge in [0.15, 0.2) is 0 Å². The summed E-state index contributed by atoms with van der Waals surface area (Å²) in [5.74, 6) is 0. The molecule has 4 heteroatoms. The molecular weight excluding hydrogens is 255 g/mol. The van der Waals surface area contributed by atoms with Crippen molar-refractivity contribution in [2.24, 2.45) is 0 Å². The van der Waals surface area contributed by atoms with Crippen molar-refractivity contribution in [3.8, 4) is 0 Å². The minimum Gasteiger partial charge on any atom is -0.396 e. The van der Waals surface area contributed by atoms with E-state index in [0.717, 1.165) is 11.3 Å². The van der Waals surface area contributed by atoms with Crippen LogP contribution >= 0.6 is 23.2 Å². The first kappa shape index (κ1) is 12.1. The first-order chi connectivity index (χ1) is 8.16. The Hall–Kier alpha value is -1.38. The lowest BCUT2D eigenvalue weighted by Gasteiger charge is -2.09. The minimum absolute atomic E-state index is 0.428. The first-order valence-electron chi connectivity index (χ1n) is 5.19. The zero-order chi connectivity index (χ0) is 12.3. The summed E-state index contributed by atoms with van der Waals surface area (Å²) in [7, 11) is 0. The molecule has 0 fully saturated rings. The zero-order valence-electron chi connectivity index (χ0n) is 9.08. The monoisotopic (exact) mass is 266 g/mol. The lowest BCUT2D eigenvalue weighted by atomic mass is 10.2. The molecule has 2 aromatic rings. The van der Waals surface area contributed by atoms with Crippen molar-refractivity contribution in [2.45, 2.75) is 6.54 Å². The third-order valence-electron chi connectivity index (χ3n) is 2.41. The summed E-state index contributed by atoms with van der Waals surface area (Å²) >= 11 is 11.9. The van der Waals surface area contributed by atoms with E-state index in [4.69, 9.17) is 28.9 Å². The van der Waals surface area contributed by atoms with Gasteiger partial charge in [0.05, 0.1) is 15.7 Å². The highest BCUT2D eigenvalue weighted by molar-refractivity contribution is 6.38. The van der Waals surface area contributed by atoms with Crippen LogP contribution in [0.25, 0.3) is 0 Å². The Morgan fingerprint density at radius 1 is 1.00 bits per heavy atom. The lowest BCUT2D eigenvalue weighted by Crippen LogP contribution is -2.00. The summed E-state index contributed by atoms with van der Waals surface area (Å²) in [6, 6.07) is 13.6. The maximum Gasteiger partial charge on any atom is 0.0693 e. The molecule has 88 valence electrons. The molecule has 2 rings (SSSR count). The summed E-state index contributed by atoms with van der Waals surface area (Å²) in [5.41, 5.74) is 8.15. The van der Waals surface area contributed by atoms with Crippen LogP contribution in [0, 0.1) is 0 Å². The number of nitrogens with one attached hydrogen (secondary N) is 1. The SMILES string of the molecule is Nc1c(Cl)cc(CNc2ccccc2)cc1Cl. The van der Waals surface area contributed by atoms with Gasteiger partial charge in [-0.15, -0.1) is 0 Å². The van der Waals surface area contributed by atoms with Gasteiger partial charge in [0, 0.05) is 12.2 Å². The van der Waals surface area contributed by atoms with Crippen molar-refractivity contribution >= 4 is 34.6 Å². The molecule has 3 N–H and O–H groups in total. The third-order valence-corrected chi connectivity index (χ3v) is 3.03. The Balaban J connectivity index is 2.10. The number of hydrogen-bond acceptors (Lipinski definition) is 2. The maximum atomic E-state index is 5.96. The van der Waals surface area contributed by atoms with Gasteiger partial charge in [-0.25, -0.2) is 0 Å². The van der Waals surface area contributed by atoms with E-state index in [0.29, 0.717) is 22.3 Å². The molecule has 2 nitrogen and oxygen atoms in total. The largest absolute Gasteiger partial charge is 0.396 e. The first-order valence-corrected chi connectivity index (χ1v) is 5.95. The highest BCUT2D eigenvalue weighted by Gasteiger charge is 2.04. The lowest BCUT2D eigenvalue weighted by molar-refractivity contribution is 1.15. The second kappa shape index (κ2) is 5.30. The van der Waals surface area contributed by atoms with E-state index in [2.05, 4.69) is 5.32 Å². The van der Waals surface area contributed by atoms with Crippen LogP contribution in [0.15, 0.2) is 42.5 Å². The Morgan fingerprint density at radius 3 is 2.18 bits per heavy atom. The van der Waals surface area contributed by atoms with E-state index >= 15 is 0 Å². The van der Waals surface area contributed by atoms with Gasteiger partial charge >= 0.3 is 0 Å². The second-order valence-corrected chi connectivity index (χ2v) is 4.51. The summed E-state index contributed by atoms with van der Waals surface area (Å²) in [5, 5.41) is 4.25. The van der Waals surface area contributed by atoms with Crippen LogP contribution in [0.3, 0.4) is 0 Å². The van der Waals surface area contributed by atoms with Gasteiger partial charge in [-0.3, -0.25) is 0 Å². The van der Waals surface area contributed by atoms with E-state index in [9.17, 15) is 0 Å². The number of halogens is 2. The smallest absolute Gasteiger partial charge is 0.0693 e. The second-order valence-electron chi connectivity index (χ2n) is 3.69. The van der Waals surface area contributed by atoms with Crippen molar-refractivity contribution < 1.29 is 0 Å². The van der Waals surface area contributed by atoms with Crippen LogP contribution in [0.2, 0.25) is 10.0 Å². The average Bonchev–Trinajstić information content (AvgIpc) is 2.34. The van der Waals surface area contributed by atoms with E-state index in [1.54, 1.807) is 0 Å². The zero-order valence-corrected chi connectivity index (χ0v) is 10.6. The fourth-order valence-electron chi connectivity index (χ4n) is 1.50. The van der Waals surface area contributed by atoms with Gasteiger partial charge in [-0.2, -0.15) is 0 Å². The molecule has 0 amide bonds. The van der Waals surface area contributed by atoms with Crippen molar-refractivity contribution in [3.05, 3.63) is 58.1 Å². The van der Waals surface area contributed by atoms with Crippen molar-refractivity contribution in [2.75, 3.05) is 11.1 Å². The fraction of sp³-hybridized carbons (Fsp3) is 0.0769. The summed E-state index contributed by atoms with van der Waals surface area (Å²) in [6.45, 7) is 0.656. The predicted molar refractivity (Wildman–Crippen MR) is 74.6 cm³/mol. The number of hydrogen-bond donors (Lipinski definition) is 2. The van der Waals surface area contributed by atoms with Crippen molar-refractivity contribution in [1.82, 2.24) is 0 Å². The van der Waals surface area contributed by atoms with Gasteiger partial charge < -0.3 is 11.1 Å². The van der Waals surface area contributed by atoms with Crippen LogP contribution in [0.1, 0.15) is 5.56 Å². The average molecular weight is 267 g/mol. The standard InChI is InChI=1S/C13H12Cl2N2/c14-11-6-9(7-12(15)13(11)16)8-17-10-4-2-1-3-5-10/h1-7,17H,8,16H2. The van der Waals surface area contributed by atoms with E-state index in [1.165, 1.54) is 0 Å². The fourth-order valence-corrected chi connectivity index (χ4v) is 2.03. The van der Waals surface area contributed by atoms with Crippen LogP contribution in [-0.2, 0) is 6.54 Å². The van der Waals surface area contributed by atoms with Gasteiger partial charge in [0.2, 0.25) is 0 Å².